The highest BCUT2D eigenvalue weighted by Crippen LogP contribution is 2.25. The van der Waals surface area contributed by atoms with Gasteiger partial charge in [-0.1, -0.05) is 5.16 Å². The van der Waals surface area contributed by atoms with Gasteiger partial charge in [-0.05, 0) is 33.0 Å². The number of hydrogen-bond donors (Lipinski definition) is 0. The maximum absolute atomic E-state index is 11.0. The molecule has 0 aliphatic carbocycles. The molecule has 82 valence electrons. The molecule has 1 aliphatic heterocycles. The number of rotatable bonds is 2. The maximum atomic E-state index is 11.0. The molecule has 15 heavy (non-hydrogen) atoms. The Balaban J connectivity index is 2.06. The minimum Gasteiger partial charge on any atom is -0.339 e. The van der Waals surface area contributed by atoms with Crippen LogP contribution in [0.3, 0.4) is 0 Å². The van der Waals surface area contributed by atoms with E-state index in [4.69, 9.17) is 4.52 Å². The van der Waals surface area contributed by atoms with Gasteiger partial charge < -0.3 is 9.42 Å². The van der Waals surface area contributed by atoms with Crippen molar-refractivity contribution in [3.8, 4) is 0 Å². The molecule has 5 nitrogen and oxygen atoms in total. The molecule has 0 atom stereocenters. The van der Waals surface area contributed by atoms with E-state index in [1.807, 2.05) is 0 Å². The predicted octanol–water partition coefficient (Wildman–Crippen LogP) is 1.08. The number of hydrogen-bond acceptors (Lipinski definition) is 5. The van der Waals surface area contributed by atoms with Crippen LogP contribution in [0.2, 0.25) is 0 Å². The van der Waals surface area contributed by atoms with Gasteiger partial charge in [0.1, 0.15) is 0 Å². The third kappa shape index (κ3) is 2.23. The molecule has 1 fully saturated rings. The van der Waals surface area contributed by atoms with Crippen molar-refractivity contribution >= 4 is 5.78 Å². The van der Waals surface area contributed by atoms with Gasteiger partial charge in [0.15, 0.2) is 0 Å². The summed E-state index contributed by atoms with van der Waals surface area (Å²) in [5.41, 5.74) is 0. The fourth-order valence-corrected chi connectivity index (χ4v) is 1.80. The summed E-state index contributed by atoms with van der Waals surface area (Å²) in [5.74, 6) is 0.997. The maximum Gasteiger partial charge on any atom is 0.238 e. The van der Waals surface area contributed by atoms with Crippen LogP contribution >= 0.6 is 0 Å². The first-order valence-electron chi connectivity index (χ1n) is 5.20. The summed E-state index contributed by atoms with van der Waals surface area (Å²) >= 11 is 0. The fourth-order valence-electron chi connectivity index (χ4n) is 1.80. The van der Waals surface area contributed by atoms with E-state index in [1.165, 1.54) is 6.92 Å². The molecule has 1 aromatic heterocycles. The first-order chi connectivity index (χ1) is 7.16. The Labute approximate surface area is 88.5 Å². The van der Waals surface area contributed by atoms with Gasteiger partial charge in [-0.2, -0.15) is 4.98 Å². The Morgan fingerprint density at radius 3 is 2.67 bits per heavy atom. The molecule has 0 saturated carbocycles. The zero-order valence-electron chi connectivity index (χ0n) is 9.06. The van der Waals surface area contributed by atoms with Crippen LogP contribution in [-0.4, -0.2) is 41.0 Å². The Hall–Kier alpha value is -1.23. The molecule has 0 radical (unpaired) electrons. The predicted molar refractivity (Wildman–Crippen MR) is 53.8 cm³/mol. The monoisotopic (exact) mass is 209 g/mol. The van der Waals surface area contributed by atoms with Gasteiger partial charge in [0.25, 0.3) is 0 Å². The molecular weight excluding hydrogens is 194 g/mol. The van der Waals surface area contributed by atoms with Crippen LogP contribution in [0.5, 0.6) is 0 Å². The van der Waals surface area contributed by atoms with Gasteiger partial charge in [-0.15, -0.1) is 0 Å². The molecule has 0 bridgehead atoms. The summed E-state index contributed by atoms with van der Waals surface area (Å²) in [6, 6.07) is 0. The molecule has 0 aromatic carbocycles. The SMILES string of the molecule is CC(=O)c1noc(C2CCN(C)CC2)n1. The summed E-state index contributed by atoms with van der Waals surface area (Å²) in [7, 11) is 2.10. The number of piperidine rings is 1. The van der Waals surface area contributed by atoms with Crippen molar-refractivity contribution in [3.05, 3.63) is 11.7 Å². The van der Waals surface area contributed by atoms with Gasteiger partial charge >= 0.3 is 0 Å². The van der Waals surface area contributed by atoms with E-state index >= 15 is 0 Å². The molecule has 0 amide bonds. The summed E-state index contributed by atoms with van der Waals surface area (Å²) < 4.78 is 5.10. The van der Waals surface area contributed by atoms with Crippen molar-refractivity contribution in [1.29, 1.82) is 0 Å². The van der Waals surface area contributed by atoms with Crippen LogP contribution in [0.15, 0.2) is 4.52 Å². The molecule has 1 aromatic rings. The Bertz CT molecular complexity index is 353. The van der Waals surface area contributed by atoms with Crippen molar-refractivity contribution in [2.45, 2.75) is 25.7 Å². The molecule has 2 rings (SSSR count). The minimum atomic E-state index is -0.141. The van der Waals surface area contributed by atoms with Crippen LogP contribution in [0.25, 0.3) is 0 Å². The second-order valence-corrected chi connectivity index (χ2v) is 4.09. The molecule has 0 unspecified atom stereocenters. The summed E-state index contributed by atoms with van der Waals surface area (Å²) in [5, 5.41) is 3.66. The zero-order valence-corrected chi connectivity index (χ0v) is 9.06. The zero-order chi connectivity index (χ0) is 10.8. The van der Waals surface area contributed by atoms with E-state index in [2.05, 4.69) is 22.1 Å². The van der Waals surface area contributed by atoms with E-state index < -0.39 is 0 Å². The first kappa shape index (κ1) is 10.3. The van der Waals surface area contributed by atoms with Gasteiger partial charge in [-0.3, -0.25) is 4.79 Å². The lowest BCUT2D eigenvalue weighted by molar-refractivity contribution is 0.100. The summed E-state index contributed by atoms with van der Waals surface area (Å²) in [6.45, 7) is 3.54. The minimum absolute atomic E-state index is 0.141. The number of ketones is 1. The standard InChI is InChI=1S/C10H15N3O2/c1-7(14)9-11-10(15-12-9)8-3-5-13(2)6-4-8/h8H,3-6H2,1-2H3. The Morgan fingerprint density at radius 1 is 1.47 bits per heavy atom. The number of aromatic nitrogens is 2. The van der Waals surface area contributed by atoms with E-state index in [-0.39, 0.29) is 11.6 Å². The number of likely N-dealkylation sites (tertiary alicyclic amines) is 1. The average Bonchev–Trinajstić information content (AvgIpc) is 2.68. The lowest BCUT2D eigenvalue weighted by Gasteiger charge is -2.26. The summed E-state index contributed by atoms with van der Waals surface area (Å²) in [6.07, 6.45) is 2.05. The fraction of sp³-hybridized carbons (Fsp3) is 0.700. The third-order valence-electron chi connectivity index (χ3n) is 2.82. The van der Waals surface area contributed by atoms with E-state index in [0.717, 1.165) is 25.9 Å². The van der Waals surface area contributed by atoms with Gasteiger partial charge in [0, 0.05) is 12.8 Å². The van der Waals surface area contributed by atoms with Crippen molar-refractivity contribution in [2.75, 3.05) is 20.1 Å². The van der Waals surface area contributed by atoms with Crippen LogP contribution in [-0.2, 0) is 0 Å². The summed E-state index contributed by atoms with van der Waals surface area (Å²) in [4.78, 5) is 17.4. The second-order valence-electron chi connectivity index (χ2n) is 4.09. The highest BCUT2D eigenvalue weighted by atomic mass is 16.5. The van der Waals surface area contributed by atoms with Crippen molar-refractivity contribution in [2.24, 2.45) is 0 Å². The number of carbonyl (C=O) groups is 1. The molecular formula is C10H15N3O2. The van der Waals surface area contributed by atoms with Crippen LogP contribution in [0.4, 0.5) is 0 Å². The first-order valence-corrected chi connectivity index (χ1v) is 5.20. The quantitative estimate of drug-likeness (QED) is 0.682. The molecule has 0 spiro atoms. The Morgan fingerprint density at radius 2 is 2.13 bits per heavy atom. The van der Waals surface area contributed by atoms with Gasteiger partial charge in [0.05, 0.1) is 0 Å². The van der Waals surface area contributed by atoms with E-state index in [9.17, 15) is 4.79 Å². The second kappa shape index (κ2) is 4.10. The topological polar surface area (TPSA) is 59.2 Å². The molecule has 2 heterocycles. The number of nitrogens with zero attached hydrogens (tertiary/aromatic N) is 3. The Kier molecular flexibility index (Phi) is 2.81. The lowest BCUT2D eigenvalue weighted by atomic mass is 9.97. The smallest absolute Gasteiger partial charge is 0.238 e. The largest absolute Gasteiger partial charge is 0.339 e. The van der Waals surface area contributed by atoms with E-state index in [1.54, 1.807) is 0 Å². The number of carbonyl (C=O) groups excluding carboxylic acids is 1. The molecule has 1 saturated heterocycles. The van der Waals surface area contributed by atoms with Crippen LogP contribution < -0.4 is 0 Å². The normalized spacial score (nSPS) is 19.3. The van der Waals surface area contributed by atoms with Crippen molar-refractivity contribution < 1.29 is 9.32 Å². The van der Waals surface area contributed by atoms with Crippen molar-refractivity contribution in [3.63, 3.8) is 0 Å². The highest BCUT2D eigenvalue weighted by Gasteiger charge is 2.24. The molecule has 5 heteroatoms. The molecule has 0 N–H and O–H groups in total. The lowest BCUT2D eigenvalue weighted by Crippen LogP contribution is -2.29. The average molecular weight is 209 g/mol. The van der Waals surface area contributed by atoms with Crippen molar-refractivity contribution in [1.82, 2.24) is 15.0 Å². The van der Waals surface area contributed by atoms with Gasteiger partial charge in [0.2, 0.25) is 17.5 Å². The van der Waals surface area contributed by atoms with Gasteiger partial charge in [-0.25, -0.2) is 0 Å². The van der Waals surface area contributed by atoms with Crippen LogP contribution in [0.1, 0.15) is 42.2 Å². The third-order valence-corrected chi connectivity index (χ3v) is 2.82. The van der Waals surface area contributed by atoms with E-state index in [0.29, 0.717) is 11.8 Å². The molecule has 1 aliphatic rings. The highest BCUT2D eigenvalue weighted by molar-refractivity contribution is 5.89. The van der Waals surface area contributed by atoms with Crippen LogP contribution in [0, 0.1) is 0 Å². The number of Topliss-reactive ketones (excluding diaryl/α,β-unsaturated/α-hetero) is 1.